The van der Waals surface area contributed by atoms with E-state index in [1.165, 1.54) is 18.2 Å². The molecule has 5 N–H and O–H groups in total. The van der Waals surface area contributed by atoms with Gasteiger partial charge in [-0.15, -0.1) is 0 Å². The number of halogens is 1. The third-order valence-corrected chi connectivity index (χ3v) is 2.84. The lowest BCUT2D eigenvalue weighted by Crippen LogP contribution is -2.35. The first-order valence-electron chi connectivity index (χ1n) is 5.54. The summed E-state index contributed by atoms with van der Waals surface area (Å²) < 4.78 is 13.6. The van der Waals surface area contributed by atoms with E-state index in [0.29, 0.717) is 0 Å². The first kappa shape index (κ1) is 12.4. The Morgan fingerprint density at radius 2 is 2.00 bits per heavy atom. The largest absolute Gasteiger partial charge is 0.477 e. The van der Waals surface area contributed by atoms with Crippen molar-refractivity contribution in [1.82, 2.24) is 0 Å². The summed E-state index contributed by atoms with van der Waals surface area (Å²) in [6.45, 7) is 0. The normalized spacial score (nSPS) is 16.1. The van der Waals surface area contributed by atoms with E-state index in [1.807, 2.05) is 0 Å². The number of carbonyl (C=O) groups is 1. The number of benzene rings is 1. The molecule has 1 fully saturated rings. The quantitative estimate of drug-likeness (QED) is 0.424. The smallest absolute Gasteiger partial charge is 0.353 e. The van der Waals surface area contributed by atoms with Crippen LogP contribution in [0.4, 0.5) is 10.1 Å². The average molecular weight is 251 g/mol. The molecule has 96 valence electrons. The third kappa shape index (κ3) is 2.28. The second-order valence-corrected chi connectivity index (χ2v) is 4.20. The predicted octanol–water partition coefficient (Wildman–Crippen LogP) is 1.17. The maximum absolute atomic E-state index is 13.6. The Bertz CT molecular complexity index is 512. The van der Waals surface area contributed by atoms with Crippen LogP contribution in [0, 0.1) is 11.7 Å². The van der Waals surface area contributed by atoms with Crippen molar-refractivity contribution in [2.75, 3.05) is 5.01 Å². The monoisotopic (exact) mass is 251 g/mol. The molecular weight excluding hydrogens is 237 g/mol. The van der Waals surface area contributed by atoms with Gasteiger partial charge in [0, 0.05) is 5.92 Å². The van der Waals surface area contributed by atoms with Gasteiger partial charge >= 0.3 is 5.97 Å². The number of allylic oxidation sites excluding steroid dienone is 1. The fourth-order valence-corrected chi connectivity index (χ4v) is 1.79. The molecule has 0 heterocycles. The van der Waals surface area contributed by atoms with Gasteiger partial charge < -0.3 is 10.8 Å². The van der Waals surface area contributed by atoms with Gasteiger partial charge in [-0.05, 0) is 25.0 Å². The standard InChI is InChI=1S/C12H14FN3O2/c13-8-3-1-2-4-9(8)16(15)11(7-5-6-7)10(14)12(17)18/h1-4,7H,5-6,14-15H2,(H,17,18). The molecular formula is C12H14FN3O2. The number of hydrogen-bond acceptors (Lipinski definition) is 4. The second-order valence-electron chi connectivity index (χ2n) is 4.20. The summed E-state index contributed by atoms with van der Waals surface area (Å²) in [6, 6.07) is 5.90. The average Bonchev–Trinajstić information content (AvgIpc) is 3.14. The number of nitrogens with two attached hydrogens (primary N) is 2. The Hall–Kier alpha value is -2.08. The molecule has 1 saturated carbocycles. The van der Waals surface area contributed by atoms with Gasteiger partial charge in [0.1, 0.15) is 11.5 Å². The molecule has 6 heteroatoms. The van der Waals surface area contributed by atoms with Crippen molar-refractivity contribution in [2.24, 2.45) is 17.5 Å². The van der Waals surface area contributed by atoms with E-state index in [1.54, 1.807) is 6.07 Å². The zero-order valence-electron chi connectivity index (χ0n) is 9.64. The summed E-state index contributed by atoms with van der Waals surface area (Å²) in [7, 11) is 0. The molecule has 0 bridgehead atoms. The second kappa shape index (κ2) is 4.66. The number of carboxylic acids is 1. The van der Waals surface area contributed by atoms with Crippen molar-refractivity contribution in [1.29, 1.82) is 0 Å². The molecule has 2 rings (SSSR count). The molecule has 0 unspecified atom stereocenters. The summed E-state index contributed by atoms with van der Waals surface area (Å²) >= 11 is 0. The molecule has 1 aromatic rings. The van der Waals surface area contributed by atoms with E-state index < -0.39 is 11.8 Å². The lowest BCUT2D eigenvalue weighted by atomic mass is 10.2. The molecule has 5 nitrogen and oxygen atoms in total. The molecule has 0 spiro atoms. The fourth-order valence-electron chi connectivity index (χ4n) is 1.79. The molecule has 0 saturated heterocycles. The van der Waals surface area contributed by atoms with E-state index in [9.17, 15) is 9.18 Å². The molecule has 18 heavy (non-hydrogen) atoms. The lowest BCUT2D eigenvalue weighted by Gasteiger charge is -2.23. The number of carboxylic acid groups (broad SMARTS) is 1. The van der Waals surface area contributed by atoms with Crippen molar-refractivity contribution in [2.45, 2.75) is 12.8 Å². The van der Waals surface area contributed by atoms with E-state index in [2.05, 4.69) is 0 Å². The molecule has 1 aliphatic carbocycles. The van der Waals surface area contributed by atoms with E-state index in [4.69, 9.17) is 16.7 Å². The number of hydrazine groups is 1. The Labute approximate surface area is 103 Å². The van der Waals surface area contributed by atoms with Gasteiger partial charge in [0.05, 0.1) is 11.4 Å². The number of para-hydroxylation sites is 1. The highest BCUT2D eigenvalue weighted by Gasteiger charge is 2.34. The third-order valence-electron chi connectivity index (χ3n) is 2.84. The molecule has 1 aromatic carbocycles. The summed E-state index contributed by atoms with van der Waals surface area (Å²) in [6.07, 6.45) is 1.62. The van der Waals surface area contributed by atoms with Gasteiger partial charge in [-0.25, -0.2) is 15.0 Å². The summed E-state index contributed by atoms with van der Waals surface area (Å²) in [5.41, 5.74) is 5.58. The van der Waals surface area contributed by atoms with Crippen LogP contribution in [0.5, 0.6) is 0 Å². The number of rotatable bonds is 4. The highest BCUT2D eigenvalue weighted by atomic mass is 19.1. The van der Waals surface area contributed by atoms with Gasteiger partial charge in [-0.1, -0.05) is 12.1 Å². The Morgan fingerprint density at radius 3 is 2.50 bits per heavy atom. The van der Waals surface area contributed by atoms with Crippen LogP contribution in [-0.2, 0) is 4.79 Å². The lowest BCUT2D eigenvalue weighted by molar-refractivity contribution is -0.132. The van der Waals surface area contributed by atoms with E-state index >= 15 is 0 Å². The minimum Gasteiger partial charge on any atom is -0.477 e. The van der Waals surface area contributed by atoms with Crippen LogP contribution in [0.25, 0.3) is 0 Å². The minimum absolute atomic E-state index is 0.00861. The molecule has 0 aliphatic heterocycles. The summed E-state index contributed by atoms with van der Waals surface area (Å²) in [4.78, 5) is 10.9. The van der Waals surface area contributed by atoms with Gasteiger partial charge in [0.2, 0.25) is 0 Å². The van der Waals surface area contributed by atoms with Gasteiger partial charge in [-0.3, -0.25) is 5.01 Å². The van der Waals surface area contributed by atoms with Crippen LogP contribution in [0.2, 0.25) is 0 Å². The fraction of sp³-hybridized carbons (Fsp3) is 0.250. The summed E-state index contributed by atoms with van der Waals surface area (Å²) in [5.74, 6) is 4.04. The Balaban J connectivity index is 2.42. The maximum atomic E-state index is 13.6. The zero-order valence-corrected chi connectivity index (χ0v) is 9.64. The molecule has 0 atom stereocenters. The molecule has 0 aromatic heterocycles. The van der Waals surface area contributed by atoms with E-state index in [-0.39, 0.29) is 23.0 Å². The number of anilines is 1. The first-order valence-corrected chi connectivity index (χ1v) is 5.54. The SMILES string of the molecule is NC(C(=O)O)=C(C1CC1)N(N)c1ccccc1F. The van der Waals surface area contributed by atoms with Crippen molar-refractivity contribution in [3.05, 3.63) is 41.5 Å². The molecule has 0 amide bonds. The Kier molecular flexibility index (Phi) is 3.20. The van der Waals surface area contributed by atoms with Crippen molar-refractivity contribution in [3.63, 3.8) is 0 Å². The number of aliphatic carboxylic acids is 1. The van der Waals surface area contributed by atoms with Gasteiger partial charge in [-0.2, -0.15) is 0 Å². The van der Waals surface area contributed by atoms with Crippen LogP contribution < -0.4 is 16.6 Å². The van der Waals surface area contributed by atoms with Crippen LogP contribution >= 0.6 is 0 Å². The first-order chi connectivity index (χ1) is 8.52. The van der Waals surface area contributed by atoms with Crippen LogP contribution in [0.15, 0.2) is 35.7 Å². The Morgan fingerprint density at radius 1 is 1.39 bits per heavy atom. The number of hydrogen-bond donors (Lipinski definition) is 3. The van der Waals surface area contributed by atoms with Crippen molar-refractivity contribution < 1.29 is 14.3 Å². The highest BCUT2D eigenvalue weighted by molar-refractivity contribution is 5.87. The predicted molar refractivity (Wildman–Crippen MR) is 64.6 cm³/mol. The minimum atomic E-state index is -1.25. The molecule has 0 radical (unpaired) electrons. The van der Waals surface area contributed by atoms with Gasteiger partial charge in [0.25, 0.3) is 0 Å². The van der Waals surface area contributed by atoms with Crippen LogP contribution in [0.1, 0.15) is 12.8 Å². The maximum Gasteiger partial charge on any atom is 0.353 e. The molecule has 1 aliphatic rings. The summed E-state index contributed by atoms with van der Waals surface area (Å²) in [5, 5.41) is 9.97. The van der Waals surface area contributed by atoms with Crippen LogP contribution in [0.3, 0.4) is 0 Å². The zero-order chi connectivity index (χ0) is 13.3. The van der Waals surface area contributed by atoms with Gasteiger partial charge in [0.15, 0.2) is 0 Å². The highest BCUT2D eigenvalue weighted by Crippen LogP contribution is 2.40. The van der Waals surface area contributed by atoms with Crippen molar-refractivity contribution in [3.8, 4) is 0 Å². The number of nitrogens with zero attached hydrogens (tertiary/aromatic N) is 1. The topological polar surface area (TPSA) is 92.6 Å². The van der Waals surface area contributed by atoms with Crippen LogP contribution in [-0.4, -0.2) is 11.1 Å². The van der Waals surface area contributed by atoms with E-state index in [0.717, 1.165) is 17.9 Å². The van der Waals surface area contributed by atoms with Crippen molar-refractivity contribution >= 4 is 11.7 Å².